The highest BCUT2D eigenvalue weighted by molar-refractivity contribution is 5.65. The molecule has 0 bridgehead atoms. The second-order valence-electron chi connectivity index (χ2n) is 3.54. The molecule has 0 heterocycles. The molecule has 0 rings (SSSR count). The summed E-state index contributed by atoms with van der Waals surface area (Å²) in [6, 6.07) is 0. The number of carbonyl (C=O) groups is 2. The lowest BCUT2D eigenvalue weighted by Gasteiger charge is -2.17. The number of carbonyl (C=O) groups excluding carboxylic acids is 2. The molecule has 0 aromatic heterocycles. The summed E-state index contributed by atoms with van der Waals surface area (Å²) in [4.78, 5) is 20.8. The lowest BCUT2D eigenvalue weighted by Crippen LogP contribution is -2.13. The Balaban J connectivity index is 3.68. The molecular weight excluding hydrogens is 168 g/mol. The quantitative estimate of drug-likeness (QED) is 0.469. The maximum atomic E-state index is 10.5. The Labute approximate surface area is 79.5 Å². The van der Waals surface area contributed by atoms with Gasteiger partial charge < -0.3 is 9.53 Å². The molecule has 0 aliphatic heterocycles. The fourth-order valence-corrected chi connectivity index (χ4v) is 1.20. The Morgan fingerprint density at radius 1 is 1.46 bits per heavy atom. The van der Waals surface area contributed by atoms with Gasteiger partial charge in [-0.3, -0.25) is 4.79 Å². The molecule has 0 unspecified atom stereocenters. The van der Waals surface area contributed by atoms with Crippen molar-refractivity contribution >= 4 is 12.3 Å². The zero-order chi connectivity index (χ0) is 10.3. The second-order valence-corrected chi connectivity index (χ2v) is 3.54. The van der Waals surface area contributed by atoms with E-state index < -0.39 is 0 Å². The summed E-state index contributed by atoms with van der Waals surface area (Å²) in [5.41, 5.74) is 0. The van der Waals surface area contributed by atoms with Crippen LogP contribution >= 0.6 is 0 Å². The van der Waals surface area contributed by atoms with Gasteiger partial charge >= 0.3 is 5.97 Å². The van der Waals surface area contributed by atoms with Crippen LogP contribution in [-0.2, 0) is 14.3 Å². The molecule has 3 heteroatoms. The SMILES string of the molecule is CC(=O)OCC[C@@H](CC=O)C(C)C. The number of esters is 1. The van der Waals surface area contributed by atoms with Gasteiger partial charge in [0.25, 0.3) is 0 Å². The van der Waals surface area contributed by atoms with Crippen molar-refractivity contribution in [2.45, 2.75) is 33.6 Å². The first-order valence-corrected chi connectivity index (χ1v) is 4.65. The lowest BCUT2D eigenvalue weighted by molar-refractivity contribution is -0.141. The molecule has 0 aromatic carbocycles. The molecule has 0 aliphatic rings. The van der Waals surface area contributed by atoms with E-state index in [-0.39, 0.29) is 5.97 Å². The molecule has 13 heavy (non-hydrogen) atoms. The summed E-state index contributed by atoms with van der Waals surface area (Å²) in [7, 11) is 0. The van der Waals surface area contributed by atoms with E-state index in [9.17, 15) is 9.59 Å². The third-order valence-corrected chi connectivity index (χ3v) is 2.14. The van der Waals surface area contributed by atoms with Crippen molar-refractivity contribution in [2.75, 3.05) is 6.61 Å². The first-order chi connectivity index (χ1) is 6.07. The van der Waals surface area contributed by atoms with Crippen LogP contribution in [0.5, 0.6) is 0 Å². The van der Waals surface area contributed by atoms with E-state index >= 15 is 0 Å². The van der Waals surface area contributed by atoms with Crippen LogP contribution in [0.3, 0.4) is 0 Å². The minimum atomic E-state index is -0.256. The minimum absolute atomic E-state index is 0.256. The summed E-state index contributed by atoms with van der Waals surface area (Å²) in [6.45, 7) is 5.96. The fraction of sp³-hybridized carbons (Fsp3) is 0.800. The van der Waals surface area contributed by atoms with Crippen LogP contribution in [0.1, 0.15) is 33.6 Å². The maximum absolute atomic E-state index is 10.5. The van der Waals surface area contributed by atoms with E-state index in [0.717, 1.165) is 12.7 Å². The van der Waals surface area contributed by atoms with Crippen molar-refractivity contribution in [1.29, 1.82) is 0 Å². The largest absolute Gasteiger partial charge is 0.466 e. The van der Waals surface area contributed by atoms with Crippen LogP contribution in [0.15, 0.2) is 0 Å². The van der Waals surface area contributed by atoms with Crippen LogP contribution in [-0.4, -0.2) is 18.9 Å². The molecule has 0 fully saturated rings. The van der Waals surface area contributed by atoms with E-state index in [4.69, 9.17) is 4.74 Å². The van der Waals surface area contributed by atoms with E-state index in [1.807, 2.05) is 0 Å². The first kappa shape index (κ1) is 12.1. The Bertz CT molecular complexity index is 164. The standard InChI is InChI=1S/C10H18O3/c1-8(2)10(4-6-11)5-7-13-9(3)12/h6,8,10H,4-5,7H2,1-3H3/t10-/m1/s1. The van der Waals surface area contributed by atoms with Gasteiger partial charge in [0.2, 0.25) is 0 Å². The van der Waals surface area contributed by atoms with E-state index in [1.54, 1.807) is 0 Å². The molecule has 1 atom stereocenters. The fourth-order valence-electron chi connectivity index (χ4n) is 1.20. The number of hydrogen-bond donors (Lipinski definition) is 0. The molecule has 0 aliphatic carbocycles. The van der Waals surface area contributed by atoms with E-state index in [0.29, 0.717) is 24.9 Å². The molecule has 0 spiro atoms. The molecule has 0 radical (unpaired) electrons. The molecule has 0 saturated heterocycles. The number of rotatable bonds is 6. The summed E-state index contributed by atoms with van der Waals surface area (Å²) >= 11 is 0. The van der Waals surface area contributed by atoms with Crippen LogP contribution in [0.25, 0.3) is 0 Å². The van der Waals surface area contributed by atoms with Crippen molar-refractivity contribution < 1.29 is 14.3 Å². The number of hydrogen-bond acceptors (Lipinski definition) is 3. The normalized spacial score (nSPS) is 12.6. The van der Waals surface area contributed by atoms with Gasteiger partial charge in [-0.15, -0.1) is 0 Å². The molecule has 0 amide bonds. The van der Waals surface area contributed by atoms with Crippen molar-refractivity contribution in [3.05, 3.63) is 0 Å². The van der Waals surface area contributed by atoms with E-state index in [1.165, 1.54) is 6.92 Å². The van der Waals surface area contributed by atoms with Gasteiger partial charge in [-0.25, -0.2) is 0 Å². The highest BCUT2D eigenvalue weighted by Crippen LogP contribution is 2.17. The minimum Gasteiger partial charge on any atom is -0.466 e. The number of aldehydes is 1. The monoisotopic (exact) mass is 186 g/mol. The zero-order valence-electron chi connectivity index (χ0n) is 8.58. The smallest absolute Gasteiger partial charge is 0.302 e. The van der Waals surface area contributed by atoms with Gasteiger partial charge in [-0.1, -0.05) is 13.8 Å². The van der Waals surface area contributed by atoms with Crippen LogP contribution in [0.4, 0.5) is 0 Å². The average molecular weight is 186 g/mol. The highest BCUT2D eigenvalue weighted by Gasteiger charge is 2.12. The third-order valence-electron chi connectivity index (χ3n) is 2.14. The Morgan fingerprint density at radius 2 is 2.08 bits per heavy atom. The van der Waals surface area contributed by atoms with Crippen LogP contribution in [0.2, 0.25) is 0 Å². The summed E-state index contributed by atoms with van der Waals surface area (Å²) < 4.78 is 4.81. The predicted octanol–water partition coefficient (Wildman–Crippen LogP) is 1.80. The second kappa shape index (κ2) is 6.63. The zero-order valence-corrected chi connectivity index (χ0v) is 8.58. The average Bonchev–Trinajstić information content (AvgIpc) is 2.02. The maximum Gasteiger partial charge on any atom is 0.302 e. The summed E-state index contributed by atoms with van der Waals surface area (Å²) in [5.74, 6) is 0.534. The Kier molecular flexibility index (Phi) is 6.20. The predicted molar refractivity (Wildman–Crippen MR) is 50.3 cm³/mol. The van der Waals surface area contributed by atoms with Gasteiger partial charge in [0, 0.05) is 13.3 Å². The van der Waals surface area contributed by atoms with Crippen LogP contribution < -0.4 is 0 Å². The van der Waals surface area contributed by atoms with E-state index in [2.05, 4.69) is 13.8 Å². The van der Waals surface area contributed by atoms with Gasteiger partial charge in [-0.05, 0) is 18.3 Å². The van der Waals surface area contributed by atoms with Crippen molar-refractivity contribution in [3.63, 3.8) is 0 Å². The van der Waals surface area contributed by atoms with Crippen LogP contribution in [0, 0.1) is 11.8 Å². The molecule has 76 valence electrons. The number of ether oxygens (including phenoxy) is 1. The van der Waals surface area contributed by atoms with Crippen molar-refractivity contribution in [3.8, 4) is 0 Å². The first-order valence-electron chi connectivity index (χ1n) is 4.65. The highest BCUT2D eigenvalue weighted by atomic mass is 16.5. The van der Waals surface area contributed by atoms with Gasteiger partial charge in [0.1, 0.15) is 6.29 Å². The molecule has 0 saturated carbocycles. The van der Waals surface area contributed by atoms with Gasteiger partial charge in [0.05, 0.1) is 6.61 Å². The molecule has 0 N–H and O–H groups in total. The Hall–Kier alpha value is -0.860. The van der Waals surface area contributed by atoms with Crippen molar-refractivity contribution in [1.82, 2.24) is 0 Å². The molecule has 3 nitrogen and oxygen atoms in total. The summed E-state index contributed by atoms with van der Waals surface area (Å²) in [6.07, 6.45) is 2.26. The topological polar surface area (TPSA) is 43.4 Å². The molecule has 0 aromatic rings. The van der Waals surface area contributed by atoms with Gasteiger partial charge in [0.15, 0.2) is 0 Å². The summed E-state index contributed by atoms with van der Waals surface area (Å²) in [5, 5.41) is 0. The lowest BCUT2D eigenvalue weighted by atomic mass is 9.90. The Morgan fingerprint density at radius 3 is 2.46 bits per heavy atom. The van der Waals surface area contributed by atoms with Gasteiger partial charge in [-0.2, -0.15) is 0 Å². The third kappa shape index (κ3) is 6.31. The molecular formula is C10H18O3. The van der Waals surface area contributed by atoms with Crippen molar-refractivity contribution in [2.24, 2.45) is 11.8 Å².